The molecule has 7 heteroatoms. The summed E-state index contributed by atoms with van der Waals surface area (Å²) >= 11 is 6.31. The van der Waals surface area contributed by atoms with Gasteiger partial charge in [-0.2, -0.15) is 0 Å². The number of halogens is 1. The Balaban J connectivity index is 1.87. The zero-order valence-corrected chi connectivity index (χ0v) is 20.0. The molecule has 0 aromatic heterocycles. The van der Waals surface area contributed by atoms with Crippen LogP contribution >= 0.6 is 11.6 Å². The molecule has 0 aliphatic rings. The molecule has 0 fully saturated rings. The second-order valence-electron chi connectivity index (χ2n) is 7.66. The fourth-order valence-corrected chi connectivity index (χ4v) is 5.06. The first kappa shape index (κ1) is 23.8. The van der Waals surface area contributed by atoms with Crippen LogP contribution < -0.4 is 9.62 Å². The predicted octanol–water partition coefficient (Wildman–Crippen LogP) is 5.28. The van der Waals surface area contributed by atoms with E-state index in [0.717, 1.165) is 21.9 Å². The number of rotatable bonds is 8. The third-order valence-electron chi connectivity index (χ3n) is 5.28. The van der Waals surface area contributed by atoms with Gasteiger partial charge in [0.1, 0.15) is 6.54 Å². The van der Waals surface area contributed by atoms with Crippen molar-refractivity contribution in [2.75, 3.05) is 10.8 Å². The van der Waals surface area contributed by atoms with Crippen molar-refractivity contribution in [1.29, 1.82) is 0 Å². The summed E-state index contributed by atoms with van der Waals surface area (Å²) in [6.07, 6.45) is 0.935. The number of anilines is 1. The molecule has 1 amide bonds. The lowest BCUT2D eigenvalue weighted by Crippen LogP contribution is -2.41. The average molecular weight is 471 g/mol. The standard InChI is InChI=1S/C25H27ClN2O3S/c1-4-20-11-13-21(14-12-20)19(3)27-25(29)17-28(24-8-6-5-7-23(24)26)32(30,31)22-15-9-18(2)10-16-22/h5-16,19H,4,17H2,1-3H3,(H,27,29). The molecule has 0 radical (unpaired) electrons. The van der Waals surface area contributed by atoms with Crippen molar-refractivity contribution < 1.29 is 13.2 Å². The molecule has 0 heterocycles. The first-order chi connectivity index (χ1) is 15.2. The van der Waals surface area contributed by atoms with Crippen molar-refractivity contribution in [3.63, 3.8) is 0 Å². The number of hydrogen-bond donors (Lipinski definition) is 1. The maximum atomic E-state index is 13.4. The highest BCUT2D eigenvalue weighted by atomic mass is 35.5. The topological polar surface area (TPSA) is 66.5 Å². The summed E-state index contributed by atoms with van der Waals surface area (Å²) in [5.41, 5.74) is 3.35. The van der Waals surface area contributed by atoms with Gasteiger partial charge in [-0.3, -0.25) is 9.10 Å². The van der Waals surface area contributed by atoms with Crippen LogP contribution in [0.15, 0.2) is 77.7 Å². The highest BCUT2D eigenvalue weighted by Gasteiger charge is 2.29. The zero-order chi connectivity index (χ0) is 23.3. The first-order valence-corrected chi connectivity index (χ1v) is 12.3. The molecule has 3 rings (SSSR count). The summed E-state index contributed by atoms with van der Waals surface area (Å²) in [4.78, 5) is 13.0. The molecule has 168 valence electrons. The van der Waals surface area contributed by atoms with Crippen molar-refractivity contribution in [2.24, 2.45) is 0 Å². The predicted molar refractivity (Wildman–Crippen MR) is 130 cm³/mol. The van der Waals surface area contributed by atoms with Gasteiger partial charge in [-0.15, -0.1) is 0 Å². The van der Waals surface area contributed by atoms with E-state index in [2.05, 4.69) is 12.2 Å². The largest absolute Gasteiger partial charge is 0.348 e. The third-order valence-corrected chi connectivity index (χ3v) is 7.38. The number of carbonyl (C=O) groups excluding carboxylic acids is 1. The maximum absolute atomic E-state index is 13.4. The lowest BCUT2D eigenvalue weighted by Gasteiger charge is -2.26. The van der Waals surface area contributed by atoms with Gasteiger partial charge in [-0.1, -0.05) is 72.6 Å². The third kappa shape index (κ3) is 5.50. The second-order valence-corrected chi connectivity index (χ2v) is 9.93. The van der Waals surface area contributed by atoms with E-state index in [1.54, 1.807) is 36.4 Å². The number of para-hydroxylation sites is 1. The minimum Gasteiger partial charge on any atom is -0.348 e. The Hall–Kier alpha value is -2.83. The molecular weight excluding hydrogens is 444 g/mol. The van der Waals surface area contributed by atoms with Crippen molar-refractivity contribution in [2.45, 2.75) is 38.1 Å². The van der Waals surface area contributed by atoms with Crippen LogP contribution in [0.3, 0.4) is 0 Å². The molecule has 5 nitrogen and oxygen atoms in total. The van der Waals surface area contributed by atoms with Crippen LogP contribution in [-0.4, -0.2) is 20.9 Å². The van der Waals surface area contributed by atoms with Crippen LogP contribution in [0.2, 0.25) is 5.02 Å². The van der Waals surface area contributed by atoms with Gasteiger partial charge >= 0.3 is 0 Å². The molecule has 3 aromatic rings. The molecule has 1 N–H and O–H groups in total. The van der Waals surface area contributed by atoms with Gasteiger partial charge in [-0.25, -0.2) is 8.42 Å². The SMILES string of the molecule is CCc1ccc(C(C)NC(=O)CN(c2ccccc2Cl)S(=O)(=O)c2ccc(C)cc2)cc1. The van der Waals surface area contributed by atoms with Crippen LogP contribution in [0.1, 0.15) is 36.6 Å². The minimum atomic E-state index is -4.01. The van der Waals surface area contributed by atoms with E-state index in [1.807, 2.05) is 38.1 Å². The van der Waals surface area contributed by atoms with Gasteiger partial charge < -0.3 is 5.32 Å². The Kier molecular flexibility index (Phi) is 7.59. The summed E-state index contributed by atoms with van der Waals surface area (Å²) < 4.78 is 27.9. The molecule has 1 atom stereocenters. The molecule has 3 aromatic carbocycles. The van der Waals surface area contributed by atoms with Crippen LogP contribution in [0.4, 0.5) is 5.69 Å². The van der Waals surface area contributed by atoms with Gasteiger partial charge in [0.05, 0.1) is 21.6 Å². The monoisotopic (exact) mass is 470 g/mol. The van der Waals surface area contributed by atoms with E-state index >= 15 is 0 Å². The highest BCUT2D eigenvalue weighted by molar-refractivity contribution is 7.92. The molecule has 1 unspecified atom stereocenters. The molecule has 0 bridgehead atoms. The summed E-state index contributed by atoms with van der Waals surface area (Å²) in [7, 11) is -4.01. The maximum Gasteiger partial charge on any atom is 0.264 e. The first-order valence-electron chi connectivity index (χ1n) is 10.4. The van der Waals surface area contributed by atoms with Gasteiger partial charge in [0.2, 0.25) is 5.91 Å². The number of amides is 1. The number of hydrogen-bond acceptors (Lipinski definition) is 3. The second kappa shape index (κ2) is 10.2. The number of nitrogens with zero attached hydrogens (tertiary/aromatic N) is 1. The lowest BCUT2D eigenvalue weighted by atomic mass is 10.1. The smallest absolute Gasteiger partial charge is 0.264 e. The number of nitrogens with one attached hydrogen (secondary N) is 1. The Labute approximate surface area is 195 Å². The molecule has 0 saturated carbocycles. The van der Waals surface area contributed by atoms with E-state index in [1.165, 1.54) is 17.7 Å². The summed E-state index contributed by atoms with van der Waals surface area (Å²) in [5.74, 6) is -0.423. The van der Waals surface area contributed by atoms with E-state index in [0.29, 0.717) is 0 Å². The number of benzene rings is 3. The van der Waals surface area contributed by atoms with Crippen LogP contribution in [0.25, 0.3) is 0 Å². The summed E-state index contributed by atoms with van der Waals surface area (Å²) in [5, 5.41) is 3.15. The van der Waals surface area contributed by atoms with E-state index < -0.39 is 22.5 Å². The van der Waals surface area contributed by atoms with Crippen molar-refractivity contribution in [3.8, 4) is 0 Å². The molecule has 0 spiro atoms. The fraction of sp³-hybridized carbons (Fsp3) is 0.240. The fourth-order valence-electron chi connectivity index (χ4n) is 3.33. The van der Waals surface area contributed by atoms with Crippen LogP contribution in [-0.2, 0) is 21.2 Å². The van der Waals surface area contributed by atoms with Gasteiger partial charge in [0, 0.05) is 0 Å². The van der Waals surface area contributed by atoms with Crippen molar-refractivity contribution in [1.82, 2.24) is 5.32 Å². The van der Waals surface area contributed by atoms with Gasteiger partial charge in [0.15, 0.2) is 0 Å². The quantitative estimate of drug-likeness (QED) is 0.486. The number of sulfonamides is 1. The Morgan fingerprint density at radius 3 is 2.22 bits per heavy atom. The highest BCUT2D eigenvalue weighted by Crippen LogP contribution is 2.30. The Morgan fingerprint density at radius 2 is 1.62 bits per heavy atom. The van der Waals surface area contributed by atoms with E-state index in [-0.39, 0.29) is 21.6 Å². The normalized spacial score (nSPS) is 12.2. The Morgan fingerprint density at radius 1 is 1.00 bits per heavy atom. The van der Waals surface area contributed by atoms with Gasteiger partial charge in [-0.05, 0) is 55.7 Å². The average Bonchev–Trinajstić information content (AvgIpc) is 2.78. The Bertz CT molecular complexity index is 1180. The lowest BCUT2D eigenvalue weighted by molar-refractivity contribution is -0.120. The minimum absolute atomic E-state index is 0.0963. The molecule has 0 aliphatic carbocycles. The molecule has 0 aliphatic heterocycles. The number of carbonyl (C=O) groups is 1. The summed E-state index contributed by atoms with van der Waals surface area (Å²) in [6.45, 7) is 5.44. The molecular formula is C25H27ClN2O3S. The molecule has 32 heavy (non-hydrogen) atoms. The molecule has 0 saturated heterocycles. The van der Waals surface area contributed by atoms with Gasteiger partial charge in [0.25, 0.3) is 10.0 Å². The van der Waals surface area contributed by atoms with E-state index in [4.69, 9.17) is 11.6 Å². The summed E-state index contributed by atoms with van der Waals surface area (Å²) in [6, 6.07) is 20.8. The zero-order valence-electron chi connectivity index (χ0n) is 18.4. The van der Waals surface area contributed by atoms with Crippen LogP contribution in [0, 0.1) is 6.92 Å². The number of aryl methyl sites for hydroxylation is 2. The van der Waals surface area contributed by atoms with Crippen LogP contribution in [0.5, 0.6) is 0 Å². The van der Waals surface area contributed by atoms with E-state index in [9.17, 15) is 13.2 Å². The van der Waals surface area contributed by atoms with Crippen molar-refractivity contribution >= 4 is 33.2 Å². The van der Waals surface area contributed by atoms with Crippen molar-refractivity contribution in [3.05, 3.63) is 94.5 Å².